The molecule has 3 heteroatoms. The summed E-state index contributed by atoms with van der Waals surface area (Å²) in [5.74, 6) is 0.215. The molecule has 18 heavy (non-hydrogen) atoms. The van der Waals surface area contributed by atoms with Gasteiger partial charge in [-0.05, 0) is 31.0 Å². The molecule has 1 saturated heterocycles. The summed E-state index contributed by atoms with van der Waals surface area (Å²) in [4.78, 5) is 18.1. The molecule has 1 fully saturated rings. The number of rotatable bonds is 1. The first kappa shape index (κ1) is 11.2. The molecular formula is C15H16N2O. The highest BCUT2D eigenvalue weighted by Gasteiger charge is 2.30. The van der Waals surface area contributed by atoms with Gasteiger partial charge in [0.05, 0.1) is 17.3 Å². The summed E-state index contributed by atoms with van der Waals surface area (Å²) in [6, 6.07) is 10.4. The van der Waals surface area contributed by atoms with Crippen LogP contribution < -0.4 is 0 Å². The molecule has 92 valence electrons. The number of hydrogen-bond acceptors (Lipinski definition) is 2. The van der Waals surface area contributed by atoms with Gasteiger partial charge in [-0.1, -0.05) is 18.2 Å². The van der Waals surface area contributed by atoms with Crippen molar-refractivity contribution in [1.82, 2.24) is 9.88 Å². The largest absolute Gasteiger partial charge is 0.337 e. The lowest BCUT2D eigenvalue weighted by atomic mass is 10.0. The highest BCUT2D eigenvalue weighted by Crippen LogP contribution is 2.32. The van der Waals surface area contributed by atoms with E-state index < -0.39 is 0 Å². The Balaban J connectivity index is 2.11. The molecule has 1 aliphatic rings. The SMILES string of the molecule is Cc1cc(C2CCC(=O)N2C)nc2ccccc12. The van der Waals surface area contributed by atoms with Crippen molar-refractivity contribution < 1.29 is 4.79 Å². The second kappa shape index (κ2) is 4.09. The van der Waals surface area contributed by atoms with Gasteiger partial charge < -0.3 is 4.90 Å². The first-order chi connectivity index (χ1) is 8.66. The van der Waals surface area contributed by atoms with Gasteiger partial charge in [-0.25, -0.2) is 0 Å². The zero-order valence-corrected chi connectivity index (χ0v) is 10.7. The first-order valence-electron chi connectivity index (χ1n) is 6.29. The Labute approximate surface area is 106 Å². The van der Waals surface area contributed by atoms with Crippen molar-refractivity contribution in [1.29, 1.82) is 0 Å². The number of para-hydroxylation sites is 1. The van der Waals surface area contributed by atoms with E-state index in [4.69, 9.17) is 4.98 Å². The van der Waals surface area contributed by atoms with Crippen LogP contribution in [-0.2, 0) is 4.79 Å². The summed E-state index contributed by atoms with van der Waals surface area (Å²) in [6.45, 7) is 2.10. The Morgan fingerprint density at radius 2 is 2.11 bits per heavy atom. The smallest absolute Gasteiger partial charge is 0.222 e. The molecule has 0 N–H and O–H groups in total. The van der Waals surface area contributed by atoms with Crippen LogP contribution in [0.2, 0.25) is 0 Å². The molecule has 0 aliphatic carbocycles. The van der Waals surface area contributed by atoms with Crippen LogP contribution in [0.15, 0.2) is 30.3 Å². The van der Waals surface area contributed by atoms with Crippen molar-refractivity contribution in [3.8, 4) is 0 Å². The molecule has 0 saturated carbocycles. The number of carbonyl (C=O) groups is 1. The van der Waals surface area contributed by atoms with Crippen molar-refractivity contribution in [3.63, 3.8) is 0 Å². The summed E-state index contributed by atoms with van der Waals surface area (Å²) in [6.07, 6.45) is 1.51. The van der Waals surface area contributed by atoms with Crippen LogP contribution in [0.4, 0.5) is 0 Å². The minimum Gasteiger partial charge on any atom is -0.337 e. The fourth-order valence-corrected chi connectivity index (χ4v) is 2.70. The Morgan fingerprint density at radius 3 is 2.83 bits per heavy atom. The van der Waals surface area contributed by atoms with Crippen LogP contribution in [0.5, 0.6) is 0 Å². The second-order valence-electron chi connectivity index (χ2n) is 4.94. The summed E-state index contributed by atoms with van der Waals surface area (Å²) < 4.78 is 0. The number of pyridine rings is 1. The minimum atomic E-state index is 0.140. The van der Waals surface area contributed by atoms with Crippen molar-refractivity contribution in [3.05, 3.63) is 41.6 Å². The van der Waals surface area contributed by atoms with Gasteiger partial charge in [-0.2, -0.15) is 0 Å². The van der Waals surface area contributed by atoms with E-state index in [2.05, 4.69) is 19.1 Å². The van der Waals surface area contributed by atoms with Gasteiger partial charge in [0.15, 0.2) is 0 Å². The van der Waals surface area contributed by atoms with Crippen LogP contribution in [-0.4, -0.2) is 22.8 Å². The van der Waals surface area contributed by atoms with Crippen LogP contribution in [0, 0.1) is 6.92 Å². The molecule has 3 rings (SSSR count). The van der Waals surface area contributed by atoms with Crippen molar-refractivity contribution >= 4 is 16.8 Å². The van der Waals surface area contributed by atoms with E-state index in [0.717, 1.165) is 17.6 Å². The highest BCUT2D eigenvalue weighted by molar-refractivity contribution is 5.83. The van der Waals surface area contributed by atoms with Crippen molar-refractivity contribution in [2.24, 2.45) is 0 Å². The fraction of sp³-hybridized carbons (Fsp3) is 0.333. The van der Waals surface area contributed by atoms with Crippen LogP contribution in [0.3, 0.4) is 0 Å². The molecule has 0 radical (unpaired) electrons. The van der Waals surface area contributed by atoms with Gasteiger partial charge >= 0.3 is 0 Å². The molecule has 1 amide bonds. The van der Waals surface area contributed by atoms with Crippen LogP contribution in [0.1, 0.15) is 30.1 Å². The van der Waals surface area contributed by atoms with E-state index in [1.165, 1.54) is 10.9 Å². The predicted octanol–water partition coefficient (Wildman–Crippen LogP) is 2.84. The molecule has 1 aliphatic heterocycles. The van der Waals surface area contributed by atoms with Gasteiger partial charge in [0, 0.05) is 18.9 Å². The summed E-state index contributed by atoms with van der Waals surface area (Å²) in [5.41, 5.74) is 3.25. The Kier molecular flexibility index (Phi) is 2.54. The summed E-state index contributed by atoms with van der Waals surface area (Å²) >= 11 is 0. The lowest BCUT2D eigenvalue weighted by Crippen LogP contribution is -2.23. The number of benzene rings is 1. The predicted molar refractivity (Wildman–Crippen MR) is 71.2 cm³/mol. The van der Waals surface area contributed by atoms with E-state index in [1.54, 1.807) is 0 Å². The number of nitrogens with zero attached hydrogens (tertiary/aromatic N) is 2. The molecule has 2 aromatic rings. The minimum absolute atomic E-state index is 0.140. The molecule has 0 spiro atoms. The average Bonchev–Trinajstić information content (AvgIpc) is 2.70. The zero-order chi connectivity index (χ0) is 12.7. The third-order valence-corrected chi connectivity index (χ3v) is 3.78. The summed E-state index contributed by atoms with van der Waals surface area (Å²) in [5, 5.41) is 1.19. The number of likely N-dealkylation sites (tertiary alicyclic amines) is 1. The number of amides is 1. The first-order valence-corrected chi connectivity index (χ1v) is 6.29. The maximum absolute atomic E-state index is 11.6. The van der Waals surface area contributed by atoms with E-state index in [9.17, 15) is 4.79 Å². The van der Waals surface area contributed by atoms with Crippen molar-refractivity contribution in [2.75, 3.05) is 7.05 Å². The van der Waals surface area contributed by atoms with Gasteiger partial charge in [0.1, 0.15) is 0 Å². The fourth-order valence-electron chi connectivity index (χ4n) is 2.70. The third-order valence-electron chi connectivity index (χ3n) is 3.78. The number of aryl methyl sites for hydroxylation is 1. The lowest BCUT2D eigenvalue weighted by Gasteiger charge is -2.20. The topological polar surface area (TPSA) is 33.2 Å². The average molecular weight is 240 g/mol. The molecule has 1 atom stereocenters. The van der Waals surface area contributed by atoms with E-state index in [1.807, 2.05) is 30.1 Å². The molecule has 0 bridgehead atoms. The van der Waals surface area contributed by atoms with Crippen LogP contribution in [0.25, 0.3) is 10.9 Å². The quantitative estimate of drug-likeness (QED) is 0.768. The Morgan fingerprint density at radius 1 is 1.33 bits per heavy atom. The maximum atomic E-state index is 11.6. The monoisotopic (exact) mass is 240 g/mol. The molecular weight excluding hydrogens is 224 g/mol. The number of fused-ring (bicyclic) bond motifs is 1. The molecule has 3 nitrogen and oxygen atoms in total. The molecule has 1 unspecified atom stereocenters. The lowest BCUT2D eigenvalue weighted by molar-refractivity contribution is -0.127. The number of aromatic nitrogens is 1. The zero-order valence-electron chi connectivity index (χ0n) is 10.7. The third kappa shape index (κ3) is 1.67. The number of hydrogen-bond donors (Lipinski definition) is 0. The van der Waals surface area contributed by atoms with E-state index in [0.29, 0.717) is 6.42 Å². The summed E-state index contributed by atoms with van der Waals surface area (Å²) in [7, 11) is 1.87. The van der Waals surface area contributed by atoms with Crippen molar-refractivity contribution in [2.45, 2.75) is 25.8 Å². The van der Waals surface area contributed by atoms with E-state index >= 15 is 0 Å². The van der Waals surface area contributed by atoms with Gasteiger partial charge in [0.25, 0.3) is 0 Å². The Bertz CT molecular complexity index is 621. The Hall–Kier alpha value is -1.90. The molecule has 2 heterocycles. The maximum Gasteiger partial charge on any atom is 0.222 e. The van der Waals surface area contributed by atoms with Gasteiger partial charge in [0.2, 0.25) is 5.91 Å². The molecule has 1 aromatic heterocycles. The highest BCUT2D eigenvalue weighted by atomic mass is 16.2. The van der Waals surface area contributed by atoms with Crippen LogP contribution >= 0.6 is 0 Å². The second-order valence-corrected chi connectivity index (χ2v) is 4.94. The van der Waals surface area contributed by atoms with Gasteiger partial charge in [-0.15, -0.1) is 0 Å². The number of carbonyl (C=O) groups excluding carboxylic acids is 1. The normalized spacial score (nSPS) is 19.8. The van der Waals surface area contributed by atoms with Gasteiger partial charge in [-0.3, -0.25) is 9.78 Å². The van der Waals surface area contributed by atoms with E-state index in [-0.39, 0.29) is 11.9 Å². The standard InChI is InChI=1S/C15H16N2O/c1-10-9-13(14-7-8-15(18)17(14)2)16-12-6-4-3-5-11(10)12/h3-6,9,14H,7-8H2,1-2H3. The molecule has 1 aromatic carbocycles.